The Morgan fingerprint density at radius 1 is 1.14 bits per heavy atom. The van der Waals surface area contributed by atoms with Gasteiger partial charge in [-0.3, -0.25) is 4.79 Å². The smallest absolute Gasteiger partial charge is 0.253 e. The molecular weight excluding hydrogens is 276 g/mol. The second-order valence-corrected chi connectivity index (χ2v) is 5.60. The van der Waals surface area contributed by atoms with Gasteiger partial charge in [-0.2, -0.15) is 0 Å². The molecule has 22 heavy (non-hydrogen) atoms. The van der Waals surface area contributed by atoms with E-state index in [2.05, 4.69) is 0 Å². The molecule has 0 saturated carbocycles. The Kier molecular flexibility index (Phi) is 4.39. The topological polar surface area (TPSA) is 55.6 Å². The molecule has 2 aromatic rings. The molecule has 1 fully saturated rings. The molecule has 1 amide bonds. The number of ether oxygens (including phenoxy) is 1. The van der Waals surface area contributed by atoms with Gasteiger partial charge in [0.2, 0.25) is 0 Å². The number of hydrogen-bond acceptors (Lipinski definition) is 3. The van der Waals surface area contributed by atoms with E-state index in [1.54, 1.807) is 0 Å². The summed E-state index contributed by atoms with van der Waals surface area (Å²) >= 11 is 0. The summed E-state index contributed by atoms with van der Waals surface area (Å²) in [5.41, 5.74) is 7.65. The highest BCUT2D eigenvalue weighted by atomic mass is 16.5. The average molecular weight is 296 g/mol. The zero-order valence-corrected chi connectivity index (χ0v) is 12.4. The van der Waals surface area contributed by atoms with Crippen LogP contribution in [0.3, 0.4) is 0 Å². The van der Waals surface area contributed by atoms with Gasteiger partial charge < -0.3 is 15.4 Å². The fraction of sp³-hybridized carbons (Fsp3) is 0.278. The first-order valence-corrected chi connectivity index (χ1v) is 7.54. The van der Waals surface area contributed by atoms with Crippen molar-refractivity contribution in [3.8, 4) is 5.75 Å². The molecule has 1 heterocycles. The van der Waals surface area contributed by atoms with Crippen molar-refractivity contribution in [2.24, 2.45) is 5.73 Å². The summed E-state index contributed by atoms with van der Waals surface area (Å²) in [6.45, 7) is 1.91. The van der Waals surface area contributed by atoms with E-state index in [1.807, 2.05) is 59.5 Å². The maximum absolute atomic E-state index is 12.3. The highest BCUT2D eigenvalue weighted by Crippen LogP contribution is 2.17. The van der Waals surface area contributed by atoms with Gasteiger partial charge in [-0.15, -0.1) is 0 Å². The van der Waals surface area contributed by atoms with E-state index in [0.717, 1.165) is 24.3 Å². The molecule has 0 aliphatic carbocycles. The van der Waals surface area contributed by atoms with Crippen molar-refractivity contribution in [2.45, 2.75) is 19.1 Å². The highest BCUT2D eigenvalue weighted by Gasteiger charge is 2.24. The number of amides is 1. The van der Waals surface area contributed by atoms with Gasteiger partial charge in [0.15, 0.2) is 0 Å². The summed E-state index contributed by atoms with van der Waals surface area (Å²) in [5, 5.41) is 0. The van der Waals surface area contributed by atoms with Crippen LogP contribution in [-0.4, -0.2) is 29.9 Å². The van der Waals surface area contributed by atoms with Crippen molar-refractivity contribution < 1.29 is 9.53 Å². The molecule has 2 aromatic carbocycles. The molecule has 1 aliphatic rings. The predicted octanol–water partition coefficient (Wildman–Crippen LogP) is 2.44. The van der Waals surface area contributed by atoms with Crippen molar-refractivity contribution in [1.29, 1.82) is 0 Å². The van der Waals surface area contributed by atoms with E-state index >= 15 is 0 Å². The average Bonchev–Trinajstić information content (AvgIpc) is 3.00. The Morgan fingerprint density at radius 3 is 2.50 bits per heavy atom. The minimum absolute atomic E-state index is 0.0440. The van der Waals surface area contributed by atoms with Crippen molar-refractivity contribution in [3.05, 3.63) is 65.7 Å². The van der Waals surface area contributed by atoms with Gasteiger partial charge in [-0.1, -0.05) is 30.3 Å². The monoisotopic (exact) mass is 296 g/mol. The molecule has 1 aliphatic heterocycles. The first-order valence-electron chi connectivity index (χ1n) is 7.54. The number of nitrogens with zero attached hydrogens (tertiary/aromatic N) is 1. The van der Waals surface area contributed by atoms with Crippen molar-refractivity contribution in [3.63, 3.8) is 0 Å². The second-order valence-electron chi connectivity index (χ2n) is 5.60. The van der Waals surface area contributed by atoms with Crippen LogP contribution in [0, 0.1) is 0 Å². The largest absolute Gasteiger partial charge is 0.489 e. The molecule has 4 heteroatoms. The van der Waals surface area contributed by atoms with E-state index in [9.17, 15) is 4.79 Å². The van der Waals surface area contributed by atoms with Crippen LogP contribution in [0.2, 0.25) is 0 Å². The second kappa shape index (κ2) is 6.62. The first kappa shape index (κ1) is 14.6. The van der Waals surface area contributed by atoms with E-state index in [0.29, 0.717) is 18.7 Å². The third-order valence-corrected chi connectivity index (χ3v) is 3.86. The summed E-state index contributed by atoms with van der Waals surface area (Å²) < 4.78 is 5.72. The van der Waals surface area contributed by atoms with Crippen LogP contribution in [0.25, 0.3) is 0 Å². The fourth-order valence-electron chi connectivity index (χ4n) is 2.59. The number of benzene rings is 2. The van der Waals surface area contributed by atoms with E-state index in [1.165, 1.54) is 0 Å². The SMILES string of the molecule is N[C@H]1CCN(C(=O)c2ccc(OCc3ccccc3)cc2)C1. The summed E-state index contributed by atoms with van der Waals surface area (Å²) in [4.78, 5) is 14.1. The molecule has 1 atom stereocenters. The highest BCUT2D eigenvalue weighted by molar-refractivity contribution is 5.94. The van der Waals surface area contributed by atoms with Gasteiger partial charge in [-0.25, -0.2) is 0 Å². The van der Waals surface area contributed by atoms with E-state index in [-0.39, 0.29) is 11.9 Å². The molecule has 1 saturated heterocycles. The molecule has 4 nitrogen and oxygen atoms in total. The summed E-state index contributed by atoms with van der Waals surface area (Å²) in [5.74, 6) is 0.807. The quantitative estimate of drug-likeness (QED) is 0.943. The maximum atomic E-state index is 12.3. The zero-order valence-electron chi connectivity index (χ0n) is 12.4. The van der Waals surface area contributed by atoms with Gasteiger partial charge in [0.1, 0.15) is 12.4 Å². The molecule has 0 unspecified atom stereocenters. The van der Waals surface area contributed by atoms with E-state index in [4.69, 9.17) is 10.5 Å². The van der Waals surface area contributed by atoms with Gasteiger partial charge in [-0.05, 0) is 36.2 Å². The standard InChI is InChI=1S/C18H20N2O2/c19-16-10-11-20(12-16)18(21)15-6-8-17(9-7-15)22-13-14-4-2-1-3-5-14/h1-9,16H,10-13,19H2/t16-/m0/s1. The van der Waals surface area contributed by atoms with Crippen LogP contribution in [0.4, 0.5) is 0 Å². The maximum Gasteiger partial charge on any atom is 0.253 e. The van der Waals surface area contributed by atoms with Crippen LogP contribution in [-0.2, 0) is 6.61 Å². The van der Waals surface area contributed by atoms with Crippen LogP contribution < -0.4 is 10.5 Å². The van der Waals surface area contributed by atoms with Crippen LogP contribution in [0.15, 0.2) is 54.6 Å². The summed E-state index contributed by atoms with van der Waals surface area (Å²) in [6, 6.07) is 17.4. The molecule has 114 valence electrons. The Morgan fingerprint density at radius 2 is 1.86 bits per heavy atom. The van der Waals surface area contributed by atoms with Crippen molar-refractivity contribution in [2.75, 3.05) is 13.1 Å². The normalized spacial score (nSPS) is 17.5. The third kappa shape index (κ3) is 3.46. The molecule has 3 rings (SSSR count). The van der Waals surface area contributed by atoms with Gasteiger partial charge >= 0.3 is 0 Å². The molecule has 2 N–H and O–H groups in total. The Hall–Kier alpha value is -2.33. The van der Waals surface area contributed by atoms with Crippen molar-refractivity contribution in [1.82, 2.24) is 4.90 Å². The van der Waals surface area contributed by atoms with E-state index < -0.39 is 0 Å². The lowest BCUT2D eigenvalue weighted by atomic mass is 10.2. The number of rotatable bonds is 4. The molecule has 0 bridgehead atoms. The zero-order chi connectivity index (χ0) is 15.4. The lowest BCUT2D eigenvalue weighted by molar-refractivity contribution is 0.0791. The van der Waals surface area contributed by atoms with Gasteiger partial charge in [0.05, 0.1) is 0 Å². The van der Waals surface area contributed by atoms with Crippen LogP contribution in [0.1, 0.15) is 22.3 Å². The number of carbonyl (C=O) groups excluding carboxylic acids is 1. The number of hydrogen-bond donors (Lipinski definition) is 1. The predicted molar refractivity (Wildman–Crippen MR) is 85.7 cm³/mol. The lowest BCUT2D eigenvalue weighted by Crippen LogP contribution is -2.31. The molecule has 0 spiro atoms. The van der Waals surface area contributed by atoms with Crippen LogP contribution >= 0.6 is 0 Å². The van der Waals surface area contributed by atoms with Crippen molar-refractivity contribution >= 4 is 5.91 Å². The van der Waals surface area contributed by atoms with Gasteiger partial charge in [0.25, 0.3) is 5.91 Å². The lowest BCUT2D eigenvalue weighted by Gasteiger charge is -2.16. The Balaban J connectivity index is 1.59. The van der Waals surface area contributed by atoms with Crippen LogP contribution in [0.5, 0.6) is 5.75 Å². The molecular formula is C18H20N2O2. The molecule has 0 radical (unpaired) electrons. The number of nitrogens with two attached hydrogens (primary N) is 1. The minimum Gasteiger partial charge on any atom is -0.489 e. The summed E-state index contributed by atoms with van der Waals surface area (Å²) in [6.07, 6.45) is 0.879. The van der Waals surface area contributed by atoms with Gasteiger partial charge in [0, 0.05) is 24.7 Å². The Bertz CT molecular complexity index is 625. The minimum atomic E-state index is 0.0440. The number of likely N-dealkylation sites (tertiary alicyclic amines) is 1. The molecule has 0 aromatic heterocycles. The first-order chi connectivity index (χ1) is 10.7. The fourth-order valence-corrected chi connectivity index (χ4v) is 2.59. The summed E-state index contributed by atoms with van der Waals surface area (Å²) in [7, 11) is 0. The number of carbonyl (C=O) groups is 1. The third-order valence-electron chi connectivity index (χ3n) is 3.86. The Labute approximate surface area is 130 Å².